The monoisotopic (exact) mass is 345 g/mol. The van der Waals surface area contributed by atoms with Crippen molar-refractivity contribution in [1.82, 2.24) is 0 Å². The molecule has 1 fully saturated rings. The first-order valence-corrected chi connectivity index (χ1v) is 7.39. The minimum absolute atomic E-state index is 0.538. The molecule has 1 heterocycles. The van der Waals surface area contributed by atoms with Crippen LogP contribution in [0.1, 0.15) is 25.3 Å². The van der Waals surface area contributed by atoms with Crippen LogP contribution in [0.4, 0.5) is 5.69 Å². The van der Waals surface area contributed by atoms with Crippen molar-refractivity contribution in [3.63, 3.8) is 0 Å². The molecule has 0 spiro atoms. The van der Waals surface area contributed by atoms with Gasteiger partial charge in [0.1, 0.15) is 0 Å². The lowest BCUT2D eigenvalue weighted by atomic mass is 9.96. The third kappa shape index (κ3) is 3.35. The van der Waals surface area contributed by atoms with Crippen molar-refractivity contribution < 1.29 is 4.74 Å². The molecule has 1 aliphatic rings. The highest BCUT2D eigenvalue weighted by molar-refractivity contribution is 14.1. The van der Waals surface area contributed by atoms with E-state index in [0.717, 1.165) is 19.6 Å². The molecule has 0 aliphatic carbocycles. The molecule has 0 saturated carbocycles. The molecule has 1 N–H and O–H groups in total. The maximum Gasteiger partial charge on any atom is 0.0514 e. The summed E-state index contributed by atoms with van der Waals surface area (Å²) < 4.78 is 6.78. The summed E-state index contributed by atoms with van der Waals surface area (Å²) in [6, 6.07) is 7.11. The summed E-state index contributed by atoms with van der Waals surface area (Å²) >= 11 is 2.36. The Labute approximate surface area is 117 Å². The number of benzene rings is 1. The highest BCUT2D eigenvalue weighted by Crippen LogP contribution is 2.25. The standard InChI is InChI=1S/C14H20INO/c1-3-13(11-6-7-17-9-11)16-14-5-4-12(15)8-10(14)2/h4-5,8,11,13,16H,3,6-7,9H2,1-2H3. The molecular weight excluding hydrogens is 325 g/mol. The molecule has 3 heteroatoms. The van der Waals surface area contributed by atoms with Crippen LogP contribution in [0.5, 0.6) is 0 Å². The average molecular weight is 345 g/mol. The van der Waals surface area contributed by atoms with E-state index >= 15 is 0 Å². The van der Waals surface area contributed by atoms with E-state index in [1.54, 1.807) is 0 Å². The normalized spacial score (nSPS) is 21.5. The largest absolute Gasteiger partial charge is 0.382 e. The van der Waals surface area contributed by atoms with Crippen molar-refractivity contribution in [3.8, 4) is 0 Å². The Hall–Kier alpha value is -0.290. The van der Waals surface area contributed by atoms with Gasteiger partial charge in [-0.2, -0.15) is 0 Å². The van der Waals surface area contributed by atoms with E-state index in [4.69, 9.17) is 4.74 Å². The lowest BCUT2D eigenvalue weighted by Gasteiger charge is -2.24. The van der Waals surface area contributed by atoms with Gasteiger partial charge in [-0.25, -0.2) is 0 Å². The fourth-order valence-electron chi connectivity index (χ4n) is 2.41. The highest BCUT2D eigenvalue weighted by Gasteiger charge is 2.24. The number of aryl methyl sites for hydroxylation is 1. The molecule has 0 amide bonds. The summed E-state index contributed by atoms with van der Waals surface area (Å²) in [5.74, 6) is 0.665. The van der Waals surface area contributed by atoms with Crippen molar-refractivity contribution in [2.24, 2.45) is 5.92 Å². The molecule has 2 unspecified atom stereocenters. The fourth-order valence-corrected chi connectivity index (χ4v) is 3.06. The molecule has 2 rings (SSSR count). The van der Waals surface area contributed by atoms with E-state index in [0.29, 0.717) is 12.0 Å². The van der Waals surface area contributed by atoms with Crippen LogP contribution in [0.2, 0.25) is 0 Å². The van der Waals surface area contributed by atoms with Crippen LogP contribution in [0.3, 0.4) is 0 Å². The van der Waals surface area contributed by atoms with Gasteiger partial charge in [0.05, 0.1) is 6.61 Å². The lowest BCUT2D eigenvalue weighted by Crippen LogP contribution is -2.29. The number of rotatable bonds is 4. The number of hydrogen-bond donors (Lipinski definition) is 1. The molecule has 0 radical (unpaired) electrons. The Morgan fingerprint density at radius 3 is 2.94 bits per heavy atom. The lowest BCUT2D eigenvalue weighted by molar-refractivity contribution is 0.182. The van der Waals surface area contributed by atoms with Crippen LogP contribution in [0.25, 0.3) is 0 Å². The number of hydrogen-bond acceptors (Lipinski definition) is 2. The number of ether oxygens (including phenoxy) is 1. The predicted molar refractivity (Wildman–Crippen MR) is 80.5 cm³/mol. The fraction of sp³-hybridized carbons (Fsp3) is 0.571. The average Bonchev–Trinajstić information content (AvgIpc) is 2.81. The summed E-state index contributed by atoms with van der Waals surface area (Å²) in [6.45, 7) is 6.25. The second-order valence-electron chi connectivity index (χ2n) is 4.74. The smallest absolute Gasteiger partial charge is 0.0514 e. The molecule has 94 valence electrons. The van der Waals surface area contributed by atoms with E-state index in [-0.39, 0.29) is 0 Å². The first kappa shape index (κ1) is 13.1. The maximum atomic E-state index is 5.49. The van der Waals surface area contributed by atoms with E-state index in [1.165, 1.54) is 21.2 Å². The molecule has 1 aromatic rings. The van der Waals surface area contributed by atoms with Gasteiger partial charge in [-0.1, -0.05) is 6.92 Å². The van der Waals surface area contributed by atoms with Crippen LogP contribution in [-0.4, -0.2) is 19.3 Å². The second-order valence-corrected chi connectivity index (χ2v) is 5.99. The Balaban J connectivity index is 2.06. The quantitative estimate of drug-likeness (QED) is 0.838. The molecular formula is C14H20INO. The zero-order chi connectivity index (χ0) is 12.3. The summed E-state index contributed by atoms with van der Waals surface area (Å²) in [7, 11) is 0. The summed E-state index contributed by atoms with van der Waals surface area (Å²) in [5, 5.41) is 3.68. The molecule has 1 saturated heterocycles. The molecule has 0 bridgehead atoms. The van der Waals surface area contributed by atoms with Gasteiger partial charge < -0.3 is 10.1 Å². The molecule has 1 aromatic carbocycles. The Morgan fingerprint density at radius 1 is 1.53 bits per heavy atom. The maximum absolute atomic E-state index is 5.49. The minimum Gasteiger partial charge on any atom is -0.382 e. The Morgan fingerprint density at radius 2 is 2.35 bits per heavy atom. The first-order chi connectivity index (χ1) is 8.20. The van der Waals surface area contributed by atoms with Gasteiger partial charge in [-0.05, 0) is 66.1 Å². The Kier molecular flexibility index (Phi) is 4.68. The predicted octanol–water partition coefficient (Wildman–Crippen LogP) is 3.83. The number of halogens is 1. The Bertz CT molecular complexity index is 374. The van der Waals surface area contributed by atoms with Crippen LogP contribution in [-0.2, 0) is 4.74 Å². The zero-order valence-corrected chi connectivity index (χ0v) is 12.7. The molecule has 17 heavy (non-hydrogen) atoms. The number of nitrogens with one attached hydrogen (secondary N) is 1. The third-order valence-electron chi connectivity index (χ3n) is 3.50. The van der Waals surface area contributed by atoms with Crippen LogP contribution < -0.4 is 5.32 Å². The summed E-state index contributed by atoms with van der Waals surface area (Å²) in [5.41, 5.74) is 2.60. The van der Waals surface area contributed by atoms with Crippen molar-refractivity contribution >= 4 is 28.3 Å². The van der Waals surface area contributed by atoms with E-state index in [2.05, 4.69) is 60.0 Å². The van der Waals surface area contributed by atoms with Gasteiger partial charge in [0.25, 0.3) is 0 Å². The SMILES string of the molecule is CCC(Nc1ccc(I)cc1C)C1CCOC1. The zero-order valence-electron chi connectivity index (χ0n) is 10.5. The summed E-state index contributed by atoms with van der Waals surface area (Å²) in [6.07, 6.45) is 2.34. The summed E-state index contributed by atoms with van der Waals surface area (Å²) in [4.78, 5) is 0. The molecule has 0 aromatic heterocycles. The molecule has 2 nitrogen and oxygen atoms in total. The van der Waals surface area contributed by atoms with Gasteiger partial charge in [-0.3, -0.25) is 0 Å². The van der Waals surface area contributed by atoms with Crippen LogP contribution in [0, 0.1) is 16.4 Å². The molecule has 1 aliphatic heterocycles. The second kappa shape index (κ2) is 6.05. The van der Waals surface area contributed by atoms with Gasteiger partial charge in [0.15, 0.2) is 0 Å². The van der Waals surface area contributed by atoms with Gasteiger partial charge >= 0.3 is 0 Å². The van der Waals surface area contributed by atoms with Crippen molar-refractivity contribution in [2.45, 2.75) is 32.7 Å². The van der Waals surface area contributed by atoms with E-state index in [9.17, 15) is 0 Å². The van der Waals surface area contributed by atoms with Gasteiger partial charge in [-0.15, -0.1) is 0 Å². The molecule has 2 atom stereocenters. The van der Waals surface area contributed by atoms with Crippen LogP contribution >= 0.6 is 22.6 Å². The topological polar surface area (TPSA) is 21.3 Å². The minimum atomic E-state index is 0.538. The highest BCUT2D eigenvalue weighted by atomic mass is 127. The van der Waals surface area contributed by atoms with Crippen molar-refractivity contribution in [1.29, 1.82) is 0 Å². The first-order valence-electron chi connectivity index (χ1n) is 6.31. The van der Waals surface area contributed by atoms with Crippen molar-refractivity contribution in [3.05, 3.63) is 27.3 Å². The van der Waals surface area contributed by atoms with E-state index in [1.807, 2.05) is 0 Å². The number of anilines is 1. The van der Waals surface area contributed by atoms with E-state index < -0.39 is 0 Å². The van der Waals surface area contributed by atoms with Gasteiger partial charge in [0.2, 0.25) is 0 Å². The van der Waals surface area contributed by atoms with Crippen LogP contribution in [0.15, 0.2) is 18.2 Å². The third-order valence-corrected chi connectivity index (χ3v) is 4.17. The van der Waals surface area contributed by atoms with Crippen molar-refractivity contribution in [2.75, 3.05) is 18.5 Å². The van der Waals surface area contributed by atoms with Gasteiger partial charge in [0, 0.05) is 27.8 Å².